The van der Waals surface area contributed by atoms with E-state index in [1.807, 2.05) is 24.3 Å². The van der Waals surface area contributed by atoms with Crippen LogP contribution in [-0.2, 0) is 27.4 Å². The Morgan fingerprint density at radius 1 is 1.24 bits per heavy atom. The van der Waals surface area contributed by atoms with Gasteiger partial charge in [-0.25, -0.2) is 14.3 Å². The lowest BCUT2D eigenvalue weighted by molar-refractivity contribution is -0.137. The van der Waals surface area contributed by atoms with Crippen LogP contribution in [0, 0.1) is 6.92 Å². The quantitative estimate of drug-likeness (QED) is 0.339. The zero-order chi connectivity index (χ0) is 26.8. The number of aliphatic carboxylic acids is 1. The van der Waals surface area contributed by atoms with E-state index in [1.54, 1.807) is 14.0 Å². The van der Waals surface area contributed by atoms with Crippen molar-refractivity contribution in [2.45, 2.75) is 45.1 Å². The van der Waals surface area contributed by atoms with E-state index >= 15 is 0 Å². The number of benzene rings is 1. The maximum atomic E-state index is 13.7. The highest BCUT2D eigenvalue weighted by molar-refractivity contribution is 7.22. The molecule has 11 nitrogen and oxygen atoms in total. The Hall–Kier alpha value is -3.74. The number of methoxy groups -OCH3 is 1. The smallest absolute Gasteiger partial charge is 0.332 e. The number of hydrogen-bond donors (Lipinski definition) is 1. The van der Waals surface area contributed by atoms with Crippen LogP contribution in [0.15, 0.2) is 50.7 Å². The van der Waals surface area contributed by atoms with Crippen LogP contribution >= 0.6 is 11.3 Å². The number of aromatic nitrogens is 3. The Bertz CT molecular complexity index is 1560. The molecule has 0 saturated carbocycles. The Morgan fingerprint density at radius 2 is 2.00 bits per heavy atom. The summed E-state index contributed by atoms with van der Waals surface area (Å²) in [7, 11) is 1.56. The number of carboxylic acid groups (broad SMARTS) is 1. The van der Waals surface area contributed by atoms with Crippen molar-refractivity contribution in [3.63, 3.8) is 0 Å². The van der Waals surface area contributed by atoms with E-state index in [0.29, 0.717) is 53.0 Å². The predicted octanol–water partition coefficient (Wildman–Crippen LogP) is 3.22. The molecule has 1 N–H and O–H groups in total. The average Bonchev–Trinajstić information content (AvgIpc) is 3.57. The number of hydrogen-bond acceptors (Lipinski definition) is 9. The van der Waals surface area contributed by atoms with Gasteiger partial charge in [-0.2, -0.15) is 0 Å². The molecule has 200 valence electrons. The van der Waals surface area contributed by atoms with Crippen molar-refractivity contribution in [2.24, 2.45) is 0 Å². The molecule has 4 heterocycles. The van der Waals surface area contributed by atoms with Crippen LogP contribution < -0.4 is 16.0 Å². The van der Waals surface area contributed by atoms with Gasteiger partial charge in [0.1, 0.15) is 29.5 Å². The molecule has 0 bridgehead atoms. The molecule has 1 aromatic carbocycles. The lowest BCUT2D eigenvalue weighted by Crippen LogP contribution is -2.42. The third-order valence-corrected chi connectivity index (χ3v) is 7.88. The zero-order valence-electron chi connectivity index (χ0n) is 20.9. The molecule has 1 aliphatic rings. The van der Waals surface area contributed by atoms with E-state index in [9.17, 15) is 19.5 Å². The van der Waals surface area contributed by atoms with Crippen LogP contribution in [0.4, 0.5) is 0 Å². The first-order chi connectivity index (χ1) is 18.4. The molecule has 5 rings (SSSR count). The van der Waals surface area contributed by atoms with Crippen molar-refractivity contribution >= 4 is 27.5 Å². The summed E-state index contributed by atoms with van der Waals surface area (Å²) >= 11 is 1.20. The molecule has 0 radical (unpaired) electrons. The highest BCUT2D eigenvalue weighted by atomic mass is 32.1. The van der Waals surface area contributed by atoms with Gasteiger partial charge in [-0.3, -0.25) is 14.2 Å². The first-order valence-electron chi connectivity index (χ1n) is 12.1. The number of carboxylic acids is 1. The number of aryl methyl sites for hydroxylation is 1. The van der Waals surface area contributed by atoms with Gasteiger partial charge in [0.05, 0.1) is 36.2 Å². The first-order valence-corrected chi connectivity index (χ1v) is 12.9. The van der Waals surface area contributed by atoms with Crippen LogP contribution in [0.25, 0.3) is 21.0 Å². The lowest BCUT2D eigenvalue weighted by atomic mass is 10.1. The Kier molecular flexibility index (Phi) is 7.45. The minimum absolute atomic E-state index is 0.0257. The fourth-order valence-electron chi connectivity index (χ4n) is 4.73. The highest BCUT2D eigenvalue weighted by Crippen LogP contribution is 2.37. The average molecular weight is 542 g/mol. The van der Waals surface area contributed by atoms with Crippen LogP contribution in [0.1, 0.15) is 30.1 Å². The van der Waals surface area contributed by atoms with Gasteiger partial charge in [0.25, 0.3) is 5.56 Å². The summed E-state index contributed by atoms with van der Waals surface area (Å²) in [5.74, 6) is -0.391. The second-order valence-corrected chi connectivity index (χ2v) is 9.93. The van der Waals surface area contributed by atoms with Crippen molar-refractivity contribution < 1.29 is 28.5 Å². The lowest BCUT2D eigenvalue weighted by Gasteiger charge is -2.29. The van der Waals surface area contributed by atoms with Gasteiger partial charge in [-0.15, -0.1) is 11.3 Å². The normalized spacial score (nSPS) is 15.1. The summed E-state index contributed by atoms with van der Waals surface area (Å²) in [4.78, 5) is 43.9. The van der Waals surface area contributed by atoms with Crippen molar-refractivity contribution in [3.05, 3.63) is 68.7 Å². The summed E-state index contributed by atoms with van der Waals surface area (Å²) in [6.07, 6.45) is 3.58. The zero-order valence-corrected chi connectivity index (χ0v) is 21.7. The Morgan fingerprint density at radius 3 is 2.68 bits per heavy atom. The van der Waals surface area contributed by atoms with Crippen LogP contribution in [-0.4, -0.2) is 51.6 Å². The number of rotatable bonds is 9. The van der Waals surface area contributed by atoms with E-state index in [0.717, 1.165) is 10.1 Å². The Labute approximate surface area is 220 Å². The molecule has 1 atom stereocenters. The van der Waals surface area contributed by atoms with Gasteiger partial charge >= 0.3 is 11.7 Å². The summed E-state index contributed by atoms with van der Waals surface area (Å²) < 4.78 is 25.2. The van der Waals surface area contributed by atoms with Crippen molar-refractivity contribution in [1.82, 2.24) is 14.1 Å². The van der Waals surface area contributed by atoms with E-state index in [4.69, 9.17) is 18.6 Å². The van der Waals surface area contributed by atoms with Gasteiger partial charge in [-0.05, 0) is 31.4 Å². The maximum Gasteiger partial charge on any atom is 0.332 e. The molecule has 1 saturated heterocycles. The summed E-state index contributed by atoms with van der Waals surface area (Å²) in [6, 6.07) is 7.39. The molecular formula is C26H27N3O8S. The number of oxazole rings is 1. The minimum atomic E-state index is -1.30. The van der Waals surface area contributed by atoms with Gasteiger partial charge in [0.2, 0.25) is 5.89 Å². The number of ether oxygens (including phenoxy) is 3. The molecule has 38 heavy (non-hydrogen) atoms. The largest absolute Gasteiger partial charge is 0.496 e. The fraction of sp³-hybridized carbons (Fsp3) is 0.385. The molecule has 1 aliphatic heterocycles. The number of nitrogens with zero attached hydrogens (tertiary/aromatic N) is 3. The van der Waals surface area contributed by atoms with Gasteiger partial charge in [-0.1, -0.05) is 18.2 Å². The number of carbonyl (C=O) groups is 1. The molecule has 12 heteroatoms. The van der Waals surface area contributed by atoms with Crippen LogP contribution in [0.3, 0.4) is 0 Å². The molecule has 3 aromatic heterocycles. The monoisotopic (exact) mass is 541 g/mol. The number of para-hydroxylation sites is 1. The standard InChI is InChI=1S/C26H27N3O8S/c1-15-21-24(32)28(14-20(30)31)26(33)29(25(21)38-22(15)23-27-9-12-36-23)13-19(37-16-7-10-35-11-8-16)17-5-3-4-6-18(17)34-2/h3-6,9,12,16,19H,7-8,10-11,13-14H2,1-2H3,(H,30,31)/t19-/m0/s1. The second kappa shape index (κ2) is 10.9. The van der Waals surface area contributed by atoms with Gasteiger partial charge in [0.15, 0.2) is 0 Å². The molecule has 0 aliphatic carbocycles. The van der Waals surface area contributed by atoms with Crippen molar-refractivity contribution in [1.29, 1.82) is 0 Å². The van der Waals surface area contributed by atoms with E-state index in [2.05, 4.69) is 4.98 Å². The first kappa shape index (κ1) is 25.9. The molecular weight excluding hydrogens is 514 g/mol. The highest BCUT2D eigenvalue weighted by Gasteiger charge is 2.28. The minimum Gasteiger partial charge on any atom is -0.496 e. The SMILES string of the molecule is COc1ccccc1[C@H](Cn1c(=O)n(CC(=O)O)c(=O)c2c(C)c(-c3ncco3)sc21)OC1CCOCC1. The fourth-order valence-corrected chi connectivity index (χ4v) is 5.97. The van der Waals surface area contributed by atoms with Crippen LogP contribution in [0.2, 0.25) is 0 Å². The number of thiophene rings is 1. The van der Waals surface area contributed by atoms with Crippen LogP contribution in [0.5, 0.6) is 5.75 Å². The van der Waals surface area contributed by atoms with Gasteiger partial charge in [0, 0.05) is 18.8 Å². The van der Waals surface area contributed by atoms with E-state index in [-0.39, 0.29) is 18.0 Å². The third-order valence-electron chi connectivity index (χ3n) is 6.57. The summed E-state index contributed by atoms with van der Waals surface area (Å²) in [5, 5.41) is 9.71. The summed E-state index contributed by atoms with van der Waals surface area (Å²) in [6.45, 7) is 2.13. The van der Waals surface area contributed by atoms with E-state index in [1.165, 1.54) is 28.4 Å². The summed E-state index contributed by atoms with van der Waals surface area (Å²) in [5.41, 5.74) is -0.113. The molecule has 0 unspecified atom stereocenters. The maximum absolute atomic E-state index is 13.7. The van der Waals surface area contributed by atoms with Crippen molar-refractivity contribution in [2.75, 3.05) is 20.3 Å². The van der Waals surface area contributed by atoms with Crippen molar-refractivity contribution in [3.8, 4) is 16.5 Å². The molecule has 0 amide bonds. The molecule has 4 aromatic rings. The number of fused-ring (bicyclic) bond motifs is 1. The Balaban J connectivity index is 1.70. The van der Waals surface area contributed by atoms with E-state index < -0.39 is 29.9 Å². The predicted molar refractivity (Wildman–Crippen MR) is 139 cm³/mol. The third kappa shape index (κ3) is 4.89. The molecule has 0 spiro atoms. The molecule has 1 fully saturated rings. The second-order valence-electron chi connectivity index (χ2n) is 8.93. The topological polar surface area (TPSA) is 135 Å². The van der Waals surface area contributed by atoms with Gasteiger partial charge < -0.3 is 23.7 Å².